The summed E-state index contributed by atoms with van der Waals surface area (Å²) in [6, 6.07) is 15.1. The van der Waals surface area contributed by atoms with Gasteiger partial charge >= 0.3 is 0 Å². The summed E-state index contributed by atoms with van der Waals surface area (Å²) in [6.45, 7) is 1.50. The number of carbonyl (C=O) groups is 2. The van der Waals surface area contributed by atoms with Gasteiger partial charge in [0, 0.05) is 35.3 Å². The maximum atomic E-state index is 13.0. The Bertz CT molecular complexity index is 1140. The molecule has 4 nitrogen and oxygen atoms in total. The molecule has 0 spiro atoms. The van der Waals surface area contributed by atoms with E-state index in [-0.39, 0.29) is 11.7 Å². The number of nitrogens with zero attached hydrogens (tertiary/aromatic N) is 2. The van der Waals surface area contributed by atoms with Gasteiger partial charge in [-0.05, 0) is 31.2 Å². The van der Waals surface area contributed by atoms with Gasteiger partial charge in [0.1, 0.15) is 0 Å². The highest BCUT2D eigenvalue weighted by Crippen LogP contribution is 2.37. The predicted octanol–water partition coefficient (Wildman–Crippen LogP) is 4.79. The molecular weight excluding hydrogens is 376 g/mol. The molecule has 6 heteroatoms. The first-order valence-corrected chi connectivity index (χ1v) is 9.61. The van der Waals surface area contributed by atoms with E-state index >= 15 is 0 Å². The predicted molar refractivity (Wildman–Crippen MR) is 115 cm³/mol. The highest BCUT2D eigenvalue weighted by molar-refractivity contribution is 8.27. The van der Waals surface area contributed by atoms with Crippen LogP contribution in [0.3, 0.4) is 0 Å². The van der Waals surface area contributed by atoms with Gasteiger partial charge in [0.05, 0.1) is 10.6 Å². The number of carbonyl (C=O) groups excluding carboxylic acids is 2. The van der Waals surface area contributed by atoms with Crippen molar-refractivity contribution >= 4 is 62.7 Å². The molecule has 134 valence electrons. The van der Waals surface area contributed by atoms with Crippen LogP contribution in [0.4, 0.5) is 5.69 Å². The molecule has 0 atom stereocenters. The van der Waals surface area contributed by atoms with Crippen LogP contribution in [0.5, 0.6) is 0 Å². The number of benzene rings is 2. The third kappa shape index (κ3) is 3.11. The number of thioether (sulfide) groups is 1. The lowest BCUT2D eigenvalue weighted by atomic mass is 10.1. The topological polar surface area (TPSA) is 42.3 Å². The molecule has 27 heavy (non-hydrogen) atoms. The average Bonchev–Trinajstić information content (AvgIpc) is 3.12. The first-order chi connectivity index (χ1) is 13.0. The van der Waals surface area contributed by atoms with Crippen molar-refractivity contribution in [2.45, 2.75) is 6.92 Å². The largest absolute Gasteiger partial charge is 0.350 e. The average molecular weight is 393 g/mol. The van der Waals surface area contributed by atoms with Crippen LogP contribution >= 0.6 is 24.0 Å². The van der Waals surface area contributed by atoms with Crippen molar-refractivity contribution in [2.75, 3.05) is 4.90 Å². The normalized spacial score (nSPS) is 15.9. The van der Waals surface area contributed by atoms with Gasteiger partial charge in [-0.2, -0.15) is 0 Å². The Morgan fingerprint density at radius 2 is 1.93 bits per heavy atom. The summed E-state index contributed by atoms with van der Waals surface area (Å²) < 4.78 is 2.50. The number of ketones is 1. The van der Waals surface area contributed by atoms with Crippen molar-refractivity contribution in [2.24, 2.45) is 7.05 Å². The lowest BCUT2D eigenvalue weighted by Crippen LogP contribution is -2.27. The van der Waals surface area contributed by atoms with Crippen LogP contribution in [0.15, 0.2) is 59.6 Å². The molecule has 1 aliphatic rings. The SMILES string of the molecule is CC(=O)c1cccc(N2C(=O)/C(=C/c3cn(C)c4ccccc34)SC2=S)c1. The Morgan fingerprint density at radius 1 is 1.15 bits per heavy atom. The van der Waals surface area contributed by atoms with E-state index in [2.05, 4.69) is 0 Å². The van der Waals surface area contributed by atoms with Crippen LogP contribution in [-0.2, 0) is 11.8 Å². The number of anilines is 1. The molecule has 1 saturated heterocycles. The number of Topliss-reactive ketones (excluding diaryl/α,β-unsaturated/α-hetero) is 1. The molecule has 2 heterocycles. The molecule has 0 unspecified atom stereocenters. The smallest absolute Gasteiger partial charge is 0.270 e. The second-order valence-electron chi connectivity index (χ2n) is 6.34. The fraction of sp³-hybridized carbons (Fsp3) is 0.0952. The fourth-order valence-corrected chi connectivity index (χ4v) is 4.47. The van der Waals surface area contributed by atoms with Crippen molar-refractivity contribution in [3.8, 4) is 0 Å². The number of amides is 1. The maximum absolute atomic E-state index is 13.0. The van der Waals surface area contributed by atoms with Crippen LogP contribution in [0, 0.1) is 0 Å². The highest BCUT2D eigenvalue weighted by Gasteiger charge is 2.33. The van der Waals surface area contributed by atoms with Crippen LogP contribution in [-0.4, -0.2) is 20.6 Å². The molecule has 1 aromatic heterocycles. The monoisotopic (exact) mass is 392 g/mol. The third-order valence-corrected chi connectivity index (χ3v) is 5.82. The van der Waals surface area contributed by atoms with E-state index < -0.39 is 0 Å². The minimum atomic E-state index is -0.168. The standard InChI is InChI=1S/C21H16N2O2S2/c1-13(24)14-6-5-7-16(10-14)23-20(25)19(27-21(23)26)11-15-12-22(2)18-9-4-3-8-17(15)18/h3-12H,1-2H3/b19-11-. The Labute approximate surface area is 166 Å². The highest BCUT2D eigenvalue weighted by atomic mass is 32.2. The van der Waals surface area contributed by atoms with Crippen molar-refractivity contribution in [3.63, 3.8) is 0 Å². The molecule has 0 bridgehead atoms. The van der Waals surface area contributed by atoms with Gasteiger partial charge in [-0.25, -0.2) is 0 Å². The van der Waals surface area contributed by atoms with E-state index in [1.165, 1.54) is 23.6 Å². The molecule has 2 aromatic carbocycles. The lowest BCUT2D eigenvalue weighted by molar-refractivity contribution is -0.113. The van der Waals surface area contributed by atoms with Gasteiger partial charge in [-0.1, -0.05) is 54.3 Å². The number of aromatic nitrogens is 1. The summed E-state index contributed by atoms with van der Waals surface area (Å²) in [6.07, 6.45) is 3.89. The lowest BCUT2D eigenvalue weighted by Gasteiger charge is -2.15. The van der Waals surface area contributed by atoms with Gasteiger partial charge < -0.3 is 4.57 Å². The summed E-state index contributed by atoms with van der Waals surface area (Å²) in [5.74, 6) is -0.216. The van der Waals surface area contributed by atoms with Crippen molar-refractivity contribution in [1.82, 2.24) is 4.57 Å². The molecule has 3 aromatic rings. The molecule has 0 aliphatic carbocycles. The van der Waals surface area contributed by atoms with Gasteiger partial charge in [0.15, 0.2) is 10.1 Å². The quantitative estimate of drug-likeness (QED) is 0.365. The number of rotatable bonds is 3. The first kappa shape index (κ1) is 17.7. The summed E-state index contributed by atoms with van der Waals surface area (Å²) in [7, 11) is 1.98. The summed E-state index contributed by atoms with van der Waals surface area (Å²) in [5.41, 5.74) is 3.26. The van der Waals surface area contributed by atoms with Crippen LogP contribution < -0.4 is 4.90 Å². The molecule has 1 aliphatic heterocycles. The maximum Gasteiger partial charge on any atom is 0.270 e. The van der Waals surface area contributed by atoms with Gasteiger partial charge in [0.2, 0.25) is 0 Å². The number of hydrogen-bond acceptors (Lipinski definition) is 4. The van der Waals surface area contributed by atoms with Crippen LogP contribution in [0.2, 0.25) is 0 Å². The summed E-state index contributed by atoms with van der Waals surface area (Å²) >= 11 is 6.72. The van der Waals surface area contributed by atoms with E-state index in [1.54, 1.807) is 24.3 Å². The molecule has 0 N–H and O–H groups in total. The Morgan fingerprint density at radius 3 is 2.70 bits per heavy atom. The number of thiocarbonyl (C=S) groups is 1. The zero-order valence-corrected chi connectivity index (χ0v) is 16.4. The Hall–Kier alpha value is -2.70. The van der Waals surface area contributed by atoms with E-state index in [9.17, 15) is 9.59 Å². The number of fused-ring (bicyclic) bond motifs is 1. The first-order valence-electron chi connectivity index (χ1n) is 8.39. The second kappa shape index (κ2) is 6.79. The van der Waals surface area contributed by atoms with E-state index in [0.717, 1.165) is 16.5 Å². The Balaban J connectivity index is 1.73. The van der Waals surface area contributed by atoms with Crippen LogP contribution in [0.1, 0.15) is 22.8 Å². The van der Waals surface area contributed by atoms with Gasteiger partial charge in [-0.3, -0.25) is 14.5 Å². The second-order valence-corrected chi connectivity index (χ2v) is 8.01. The van der Waals surface area contributed by atoms with Crippen molar-refractivity contribution in [3.05, 3.63) is 70.8 Å². The van der Waals surface area contributed by atoms with Gasteiger partial charge in [-0.15, -0.1) is 0 Å². The van der Waals surface area contributed by atoms with Gasteiger partial charge in [0.25, 0.3) is 5.91 Å². The van der Waals surface area contributed by atoms with Crippen molar-refractivity contribution < 1.29 is 9.59 Å². The summed E-state index contributed by atoms with van der Waals surface area (Å²) in [4.78, 5) is 26.7. The third-order valence-electron chi connectivity index (χ3n) is 4.52. The molecule has 0 saturated carbocycles. The van der Waals surface area contributed by atoms with Crippen LogP contribution in [0.25, 0.3) is 17.0 Å². The number of para-hydroxylation sites is 1. The molecule has 0 radical (unpaired) electrons. The fourth-order valence-electron chi connectivity index (χ4n) is 3.18. The Kier molecular flexibility index (Phi) is 4.45. The minimum absolute atomic E-state index is 0.0476. The minimum Gasteiger partial charge on any atom is -0.350 e. The number of aryl methyl sites for hydroxylation is 1. The number of hydrogen-bond donors (Lipinski definition) is 0. The molecular formula is C21H16N2O2S2. The van der Waals surface area contributed by atoms with Crippen molar-refractivity contribution in [1.29, 1.82) is 0 Å². The molecule has 1 fully saturated rings. The summed E-state index contributed by atoms with van der Waals surface area (Å²) in [5, 5.41) is 1.09. The zero-order valence-electron chi connectivity index (χ0n) is 14.8. The molecule has 1 amide bonds. The van der Waals surface area contributed by atoms with E-state index in [0.29, 0.717) is 20.5 Å². The van der Waals surface area contributed by atoms with E-state index in [4.69, 9.17) is 12.2 Å². The van der Waals surface area contributed by atoms with E-state index in [1.807, 2.05) is 48.2 Å². The zero-order chi connectivity index (χ0) is 19.1. The molecule has 4 rings (SSSR count).